The molecule has 0 spiro atoms. The van der Waals surface area contributed by atoms with Crippen molar-refractivity contribution in [1.82, 2.24) is 0 Å². The molecular formula is C12H12BrClO2. The fraction of sp³-hybridized carbons (Fsp3) is 0.333. The van der Waals surface area contributed by atoms with Crippen LogP contribution in [-0.4, -0.2) is 5.11 Å². The van der Waals surface area contributed by atoms with Crippen LogP contribution in [0.25, 0.3) is 11.0 Å². The van der Waals surface area contributed by atoms with Crippen LogP contribution in [0.4, 0.5) is 0 Å². The molecule has 0 saturated carbocycles. The number of benzene rings is 1. The molecule has 1 atom stereocenters. The molecule has 16 heavy (non-hydrogen) atoms. The number of rotatable bonds is 3. The summed E-state index contributed by atoms with van der Waals surface area (Å²) in [5, 5.41) is 11.3. The molecule has 4 heteroatoms. The lowest BCUT2D eigenvalue weighted by atomic mass is 10.1. The van der Waals surface area contributed by atoms with Gasteiger partial charge < -0.3 is 9.52 Å². The maximum Gasteiger partial charge on any atom is 0.153 e. The fourth-order valence-corrected chi connectivity index (χ4v) is 2.55. The average Bonchev–Trinajstić information content (AvgIpc) is 2.62. The second kappa shape index (κ2) is 4.78. The molecule has 0 radical (unpaired) electrons. The summed E-state index contributed by atoms with van der Waals surface area (Å²) in [7, 11) is 0. The van der Waals surface area contributed by atoms with Gasteiger partial charge in [0.05, 0.1) is 5.02 Å². The Morgan fingerprint density at radius 3 is 2.88 bits per heavy atom. The first kappa shape index (κ1) is 12.0. The number of hydrogen-bond acceptors (Lipinski definition) is 2. The van der Waals surface area contributed by atoms with Crippen molar-refractivity contribution in [3.05, 3.63) is 33.5 Å². The smallest absolute Gasteiger partial charge is 0.153 e. The van der Waals surface area contributed by atoms with E-state index in [2.05, 4.69) is 15.9 Å². The van der Waals surface area contributed by atoms with Crippen LogP contribution in [0.3, 0.4) is 0 Å². The normalized spacial score (nSPS) is 13.2. The lowest BCUT2D eigenvalue weighted by molar-refractivity contribution is 0.141. The minimum Gasteiger partial charge on any atom is -0.457 e. The van der Waals surface area contributed by atoms with Crippen LogP contribution < -0.4 is 0 Å². The second-order valence-corrected chi connectivity index (χ2v) is 5.08. The van der Waals surface area contributed by atoms with Crippen molar-refractivity contribution in [2.75, 3.05) is 0 Å². The Kier molecular flexibility index (Phi) is 3.57. The van der Waals surface area contributed by atoms with Gasteiger partial charge in [0.1, 0.15) is 11.9 Å². The van der Waals surface area contributed by atoms with Crippen LogP contribution >= 0.6 is 27.5 Å². The van der Waals surface area contributed by atoms with E-state index in [0.717, 1.165) is 16.3 Å². The van der Waals surface area contributed by atoms with Gasteiger partial charge in [-0.05, 0) is 24.6 Å². The number of aliphatic hydroxyl groups is 1. The maximum absolute atomic E-state index is 9.83. The third-order valence-electron chi connectivity index (χ3n) is 2.45. The Morgan fingerprint density at radius 2 is 2.19 bits per heavy atom. The van der Waals surface area contributed by atoms with Crippen molar-refractivity contribution in [3.8, 4) is 0 Å². The number of halogens is 2. The van der Waals surface area contributed by atoms with Crippen LogP contribution in [0, 0.1) is 0 Å². The number of furan rings is 1. The Morgan fingerprint density at radius 1 is 1.44 bits per heavy atom. The monoisotopic (exact) mass is 302 g/mol. The summed E-state index contributed by atoms with van der Waals surface area (Å²) < 4.78 is 6.47. The molecule has 0 amide bonds. The third-order valence-corrected chi connectivity index (χ3v) is 3.18. The topological polar surface area (TPSA) is 33.4 Å². The summed E-state index contributed by atoms with van der Waals surface area (Å²) in [6.07, 6.45) is 1.06. The van der Waals surface area contributed by atoms with Gasteiger partial charge in [-0.2, -0.15) is 0 Å². The molecule has 1 N–H and O–H groups in total. The van der Waals surface area contributed by atoms with Crippen LogP contribution in [0.1, 0.15) is 31.6 Å². The van der Waals surface area contributed by atoms with E-state index in [4.69, 9.17) is 16.0 Å². The molecule has 86 valence electrons. The molecule has 1 heterocycles. The molecule has 0 fully saturated rings. The van der Waals surface area contributed by atoms with Gasteiger partial charge in [0.2, 0.25) is 0 Å². The molecular weight excluding hydrogens is 291 g/mol. The van der Waals surface area contributed by atoms with Crippen LogP contribution in [0.5, 0.6) is 0 Å². The summed E-state index contributed by atoms with van der Waals surface area (Å²) in [5.41, 5.74) is 0.634. The number of aliphatic hydroxyl groups excluding tert-OH is 1. The van der Waals surface area contributed by atoms with E-state index >= 15 is 0 Å². The van der Waals surface area contributed by atoms with Crippen molar-refractivity contribution in [2.24, 2.45) is 0 Å². The van der Waals surface area contributed by atoms with Crippen LogP contribution in [0.15, 0.2) is 27.1 Å². The molecule has 2 aromatic rings. The van der Waals surface area contributed by atoms with Gasteiger partial charge in [0, 0.05) is 9.86 Å². The summed E-state index contributed by atoms with van der Waals surface area (Å²) in [4.78, 5) is 0. The Labute approximate surface area is 107 Å². The zero-order valence-electron chi connectivity index (χ0n) is 8.84. The summed E-state index contributed by atoms with van der Waals surface area (Å²) in [5.74, 6) is 0.580. The molecule has 1 aromatic heterocycles. The highest BCUT2D eigenvalue weighted by Crippen LogP contribution is 2.33. The molecule has 2 rings (SSSR count). The molecule has 0 aliphatic heterocycles. The molecule has 0 bridgehead atoms. The fourth-order valence-electron chi connectivity index (χ4n) is 1.68. The van der Waals surface area contributed by atoms with E-state index < -0.39 is 6.10 Å². The summed E-state index contributed by atoms with van der Waals surface area (Å²) >= 11 is 9.42. The standard InChI is InChI=1S/C12H12BrClO2/c1-2-3-10(15)11-5-7-4-8(13)6-9(14)12(7)16-11/h4-6,10,15H,2-3H2,1H3. The van der Waals surface area contributed by atoms with Crippen LogP contribution in [0.2, 0.25) is 5.02 Å². The van der Waals surface area contributed by atoms with Gasteiger partial charge in [-0.1, -0.05) is 40.9 Å². The van der Waals surface area contributed by atoms with Gasteiger partial charge in [0.25, 0.3) is 0 Å². The van der Waals surface area contributed by atoms with E-state index in [-0.39, 0.29) is 0 Å². The SMILES string of the molecule is CCCC(O)c1cc2cc(Br)cc(Cl)c2o1. The third kappa shape index (κ3) is 2.26. The van der Waals surface area contributed by atoms with E-state index in [1.807, 2.05) is 19.1 Å². The van der Waals surface area contributed by atoms with Crippen molar-refractivity contribution >= 4 is 38.5 Å². The van der Waals surface area contributed by atoms with Crippen molar-refractivity contribution in [1.29, 1.82) is 0 Å². The van der Waals surface area contributed by atoms with E-state index in [1.54, 1.807) is 6.07 Å². The Balaban J connectivity index is 2.47. The van der Waals surface area contributed by atoms with E-state index in [9.17, 15) is 5.11 Å². The quantitative estimate of drug-likeness (QED) is 0.893. The highest BCUT2D eigenvalue weighted by atomic mass is 79.9. The van der Waals surface area contributed by atoms with Gasteiger partial charge in [-0.25, -0.2) is 0 Å². The Hall–Kier alpha value is -0.510. The minimum atomic E-state index is -0.549. The lowest BCUT2D eigenvalue weighted by Gasteiger charge is -2.03. The first-order valence-electron chi connectivity index (χ1n) is 5.18. The Bertz CT molecular complexity index is 507. The largest absolute Gasteiger partial charge is 0.457 e. The van der Waals surface area contributed by atoms with Gasteiger partial charge >= 0.3 is 0 Å². The minimum absolute atomic E-state index is 0.549. The first-order valence-corrected chi connectivity index (χ1v) is 6.35. The highest BCUT2D eigenvalue weighted by molar-refractivity contribution is 9.10. The molecule has 1 aromatic carbocycles. The number of hydrogen-bond donors (Lipinski definition) is 1. The predicted octanol–water partition coefficient (Wildman–Crippen LogP) is 4.68. The second-order valence-electron chi connectivity index (χ2n) is 3.76. The van der Waals surface area contributed by atoms with Gasteiger partial charge in [0.15, 0.2) is 5.58 Å². The van der Waals surface area contributed by atoms with Crippen molar-refractivity contribution in [3.63, 3.8) is 0 Å². The average molecular weight is 304 g/mol. The molecule has 2 nitrogen and oxygen atoms in total. The first-order chi connectivity index (χ1) is 7.61. The van der Waals surface area contributed by atoms with Gasteiger partial charge in [-0.15, -0.1) is 0 Å². The maximum atomic E-state index is 9.83. The molecule has 0 aliphatic rings. The number of fused-ring (bicyclic) bond motifs is 1. The molecule has 1 unspecified atom stereocenters. The zero-order valence-corrected chi connectivity index (χ0v) is 11.2. The summed E-state index contributed by atoms with van der Waals surface area (Å²) in [6.45, 7) is 2.02. The van der Waals surface area contributed by atoms with E-state index in [0.29, 0.717) is 22.8 Å². The van der Waals surface area contributed by atoms with Crippen LogP contribution in [-0.2, 0) is 0 Å². The lowest BCUT2D eigenvalue weighted by Crippen LogP contribution is -1.93. The summed E-state index contributed by atoms with van der Waals surface area (Å²) in [6, 6.07) is 5.54. The van der Waals surface area contributed by atoms with Crippen molar-refractivity contribution < 1.29 is 9.52 Å². The predicted molar refractivity (Wildman–Crippen MR) is 68.8 cm³/mol. The van der Waals surface area contributed by atoms with Gasteiger partial charge in [-0.3, -0.25) is 0 Å². The molecule has 0 aliphatic carbocycles. The van der Waals surface area contributed by atoms with E-state index in [1.165, 1.54) is 0 Å². The highest BCUT2D eigenvalue weighted by Gasteiger charge is 2.14. The molecule has 0 saturated heterocycles. The zero-order chi connectivity index (χ0) is 11.7. The van der Waals surface area contributed by atoms with Crippen molar-refractivity contribution in [2.45, 2.75) is 25.9 Å².